The molecular weight excluding hydrogens is 503 g/mol. The van der Waals surface area contributed by atoms with Gasteiger partial charge in [-0.25, -0.2) is 0 Å². The largest absolute Gasteiger partial charge is 2.00 e. The van der Waals surface area contributed by atoms with Gasteiger partial charge in [0.1, 0.15) is 0 Å². The molecule has 0 unspecified atom stereocenters. The first-order valence-corrected chi connectivity index (χ1v) is 7.94. The maximum absolute atomic E-state index is 5.80. The van der Waals surface area contributed by atoms with E-state index in [0.29, 0.717) is 11.5 Å². The Morgan fingerprint density at radius 1 is 0.692 bits per heavy atom. The standard InChI is InChI=1S/C22H14N2O.Pt/c1-2-9-18(10-3-1)25-19-11-6-8-17(16-19)20-13-7-14-22(24-20)21-12-4-5-15-23-21;/h1-9,11-15H;/q-2;+2. The average molecular weight is 517 g/mol. The second kappa shape index (κ2) is 8.55. The van der Waals surface area contributed by atoms with Gasteiger partial charge in [0.05, 0.1) is 11.4 Å². The van der Waals surface area contributed by atoms with E-state index in [-0.39, 0.29) is 21.1 Å². The number of aromatic nitrogens is 2. The third-order valence-electron chi connectivity index (χ3n) is 3.62. The third kappa shape index (κ3) is 4.25. The minimum Gasteiger partial charge on any atom is -0.503 e. The van der Waals surface area contributed by atoms with Crippen molar-refractivity contribution in [3.05, 3.63) is 97.2 Å². The van der Waals surface area contributed by atoms with Crippen molar-refractivity contribution in [1.29, 1.82) is 0 Å². The Bertz CT molecular complexity index is 975. The van der Waals surface area contributed by atoms with E-state index in [1.807, 2.05) is 78.9 Å². The number of benzene rings is 2. The van der Waals surface area contributed by atoms with Crippen LogP contribution in [0.1, 0.15) is 0 Å². The number of para-hydroxylation sites is 1. The van der Waals surface area contributed by atoms with Gasteiger partial charge < -0.3 is 4.74 Å². The molecule has 2 aromatic carbocycles. The SMILES string of the molecule is [Pt+2].[c-]1ccccc1Oc1[c-]c(-c2cccc(-c3ccccn3)n2)ccc1. The van der Waals surface area contributed by atoms with Crippen LogP contribution in [0.3, 0.4) is 0 Å². The molecule has 0 atom stereocenters. The van der Waals surface area contributed by atoms with Crippen LogP contribution in [-0.4, -0.2) is 9.97 Å². The van der Waals surface area contributed by atoms with Crippen molar-refractivity contribution >= 4 is 0 Å². The van der Waals surface area contributed by atoms with Crippen LogP contribution in [0.25, 0.3) is 22.6 Å². The van der Waals surface area contributed by atoms with Crippen molar-refractivity contribution in [3.63, 3.8) is 0 Å². The number of ether oxygens (including phenoxy) is 1. The quantitative estimate of drug-likeness (QED) is 0.349. The molecule has 0 saturated heterocycles. The van der Waals surface area contributed by atoms with Gasteiger partial charge in [-0.2, -0.15) is 18.2 Å². The summed E-state index contributed by atoms with van der Waals surface area (Å²) in [5, 5.41) is 0. The number of nitrogens with zero attached hydrogens (tertiary/aromatic N) is 2. The van der Waals surface area contributed by atoms with Crippen molar-refractivity contribution in [2.45, 2.75) is 0 Å². The first kappa shape index (κ1) is 18.0. The summed E-state index contributed by atoms with van der Waals surface area (Å²) in [7, 11) is 0. The molecule has 0 radical (unpaired) electrons. The fourth-order valence-corrected chi connectivity index (χ4v) is 2.46. The van der Waals surface area contributed by atoms with E-state index < -0.39 is 0 Å². The summed E-state index contributed by atoms with van der Waals surface area (Å²) >= 11 is 0. The zero-order valence-corrected chi connectivity index (χ0v) is 16.0. The number of pyridine rings is 2. The maximum Gasteiger partial charge on any atom is 2.00 e. The van der Waals surface area contributed by atoms with Crippen LogP contribution in [0.15, 0.2) is 85.1 Å². The Morgan fingerprint density at radius 3 is 2.27 bits per heavy atom. The van der Waals surface area contributed by atoms with Crippen molar-refractivity contribution < 1.29 is 25.8 Å². The summed E-state index contributed by atoms with van der Waals surface area (Å²) in [6.45, 7) is 0. The van der Waals surface area contributed by atoms with Crippen molar-refractivity contribution in [3.8, 4) is 34.1 Å². The van der Waals surface area contributed by atoms with Crippen molar-refractivity contribution in [2.24, 2.45) is 0 Å². The van der Waals surface area contributed by atoms with E-state index >= 15 is 0 Å². The number of rotatable bonds is 4. The van der Waals surface area contributed by atoms with Gasteiger partial charge in [0.2, 0.25) is 0 Å². The zero-order chi connectivity index (χ0) is 16.9. The Hall–Kier alpha value is -2.77. The van der Waals surface area contributed by atoms with E-state index in [2.05, 4.69) is 17.1 Å². The molecule has 4 heteroatoms. The molecule has 0 bridgehead atoms. The van der Waals surface area contributed by atoms with Crippen LogP contribution in [0.5, 0.6) is 11.5 Å². The first-order valence-electron chi connectivity index (χ1n) is 7.94. The molecule has 0 amide bonds. The average Bonchev–Trinajstić information content (AvgIpc) is 2.70. The predicted octanol–water partition coefficient (Wildman–Crippen LogP) is 5.20. The van der Waals surface area contributed by atoms with E-state index in [9.17, 15) is 0 Å². The van der Waals surface area contributed by atoms with Crippen LogP contribution in [0.4, 0.5) is 0 Å². The van der Waals surface area contributed by atoms with Gasteiger partial charge in [-0.15, -0.1) is 35.9 Å². The van der Waals surface area contributed by atoms with E-state index in [1.54, 1.807) is 6.20 Å². The van der Waals surface area contributed by atoms with E-state index in [4.69, 9.17) is 9.72 Å². The Labute approximate surface area is 167 Å². The molecule has 0 aliphatic rings. The minimum absolute atomic E-state index is 0. The second-order valence-corrected chi connectivity index (χ2v) is 5.38. The summed E-state index contributed by atoms with van der Waals surface area (Å²) in [6, 6.07) is 31.2. The summed E-state index contributed by atoms with van der Waals surface area (Å²) < 4.78 is 5.80. The molecule has 4 rings (SSSR count). The first-order chi connectivity index (χ1) is 12.4. The molecule has 0 fully saturated rings. The Morgan fingerprint density at radius 2 is 1.46 bits per heavy atom. The van der Waals surface area contributed by atoms with Crippen LogP contribution in [-0.2, 0) is 21.1 Å². The molecule has 4 aromatic rings. The second-order valence-electron chi connectivity index (χ2n) is 5.38. The Kier molecular flexibility index (Phi) is 5.93. The van der Waals surface area contributed by atoms with Gasteiger partial charge in [-0.3, -0.25) is 9.97 Å². The van der Waals surface area contributed by atoms with Gasteiger partial charge >= 0.3 is 21.1 Å². The normalized spacial score (nSPS) is 10.0. The molecule has 0 aliphatic carbocycles. The van der Waals surface area contributed by atoms with E-state index in [0.717, 1.165) is 22.6 Å². The van der Waals surface area contributed by atoms with Crippen LogP contribution in [0.2, 0.25) is 0 Å². The molecule has 0 saturated carbocycles. The van der Waals surface area contributed by atoms with Gasteiger partial charge in [0.25, 0.3) is 0 Å². The molecule has 26 heavy (non-hydrogen) atoms. The molecule has 2 aromatic heterocycles. The van der Waals surface area contributed by atoms with Crippen LogP contribution in [0, 0.1) is 12.1 Å². The van der Waals surface area contributed by atoms with Gasteiger partial charge in [-0.1, -0.05) is 24.3 Å². The van der Waals surface area contributed by atoms with Crippen molar-refractivity contribution in [2.75, 3.05) is 0 Å². The topological polar surface area (TPSA) is 35.0 Å². The Balaban J connectivity index is 0.00000196. The van der Waals surface area contributed by atoms with Crippen LogP contribution >= 0.6 is 0 Å². The third-order valence-corrected chi connectivity index (χ3v) is 3.62. The number of hydrogen-bond acceptors (Lipinski definition) is 3. The maximum atomic E-state index is 5.80. The predicted molar refractivity (Wildman–Crippen MR) is 97.1 cm³/mol. The fourth-order valence-electron chi connectivity index (χ4n) is 2.46. The van der Waals surface area contributed by atoms with Gasteiger partial charge in [0, 0.05) is 17.7 Å². The molecular formula is C22H14N2OPt. The van der Waals surface area contributed by atoms with Gasteiger partial charge in [0.15, 0.2) is 0 Å². The number of hydrogen-bond donors (Lipinski definition) is 0. The molecule has 0 spiro atoms. The molecule has 3 nitrogen and oxygen atoms in total. The van der Waals surface area contributed by atoms with E-state index in [1.165, 1.54) is 0 Å². The van der Waals surface area contributed by atoms with Gasteiger partial charge in [-0.05, 0) is 23.9 Å². The smallest absolute Gasteiger partial charge is 0.503 e. The summed E-state index contributed by atoms with van der Waals surface area (Å²) in [5.74, 6) is 1.29. The fraction of sp³-hybridized carbons (Fsp3) is 0. The summed E-state index contributed by atoms with van der Waals surface area (Å²) in [5.41, 5.74) is 3.36. The monoisotopic (exact) mass is 517 g/mol. The van der Waals surface area contributed by atoms with Crippen LogP contribution < -0.4 is 4.74 Å². The summed E-state index contributed by atoms with van der Waals surface area (Å²) in [4.78, 5) is 9.06. The molecule has 2 heterocycles. The molecule has 128 valence electrons. The molecule has 0 aliphatic heterocycles. The summed E-state index contributed by atoms with van der Waals surface area (Å²) in [6.07, 6.45) is 1.76. The molecule has 0 N–H and O–H groups in total. The van der Waals surface area contributed by atoms with Crippen molar-refractivity contribution in [1.82, 2.24) is 9.97 Å². The minimum atomic E-state index is 0. The zero-order valence-electron chi connectivity index (χ0n) is 13.7.